The van der Waals surface area contributed by atoms with Crippen LogP contribution >= 0.6 is 11.5 Å². The first-order valence-electron chi connectivity index (χ1n) is 8.23. The van der Waals surface area contributed by atoms with E-state index in [1.54, 1.807) is 6.92 Å². The number of ether oxygens (including phenoxy) is 1. The Hall–Kier alpha value is -2.66. The molecule has 0 fully saturated rings. The molecule has 0 radical (unpaired) electrons. The Balaban J connectivity index is 1.84. The molecular formula is C20H20N2O2S. The van der Waals surface area contributed by atoms with Crippen molar-refractivity contribution in [1.29, 1.82) is 0 Å². The van der Waals surface area contributed by atoms with Gasteiger partial charge in [-0.05, 0) is 29.6 Å². The largest absolute Gasteiger partial charge is 0.462 e. The van der Waals surface area contributed by atoms with Gasteiger partial charge >= 0.3 is 5.97 Å². The van der Waals surface area contributed by atoms with E-state index >= 15 is 0 Å². The van der Waals surface area contributed by atoms with Gasteiger partial charge in [0.15, 0.2) is 0 Å². The average Bonchev–Trinajstić information content (AvgIpc) is 3.13. The maximum atomic E-state index is 11.9. The second-order valence-corrected chi connectivity index (χ2v) is 6.40. The SMILES string of the molecule is CCOC(=O)c1cc(N(Cc2ccccc2)Cc2ccccc2)ns1. The molecule has 25 heavy (non-hydrogen) atoms. The van der Waals surface area contributed by atoms with Gasteiger partial charge in [-0.3, -0.25) is 0 Å². The van der Waals surface area contributed by atoms with Gasteiger partial charge in [0.2, 0.25) is 0 Å². The summed E-state index contributed by atoms with van der Waals surface area (Å²) < 4.78 is 9.55. The van der Waals surface area contributed by atoms with E-state index in [0.29, 0.717) is 11.5 Å². The van der Waals surface area contributed by atoms with Crippen molar-refractivity contribution in [3.63, 3.8) is 0 Å². The van der Waals surface area contributed by atoms with Crippen molar-refractivity contribution in [2.45, 2.75) is 20.0 Å². The second kappa shape index (κ2) is 8.44. The first-order valence-corrected chi connectivity index (χ1v) is 9.00. The van der Waals surface area contributed by atoms with Gasteiger partial charge in [0.25, 0.3) is 0 Å². The highest BCUT2D eigenvalue weighted by Gasteiger charge is 2.16. The molecule has 0 atom stereocenters. The Morgan fingerprint density at radius 1 is 1.00 bits per heavy atom. The minimum Gasteiger partial charge on any atom is -0.462 e. The zero-order valence-corrected chi connectivity index (χ0v) is 14.9. The molecule has 3 rings (SSSR count). The lowest BCUT2D eigenvalue weighted by Gasteiger charge is -2.22. The van der Waals surface area contributed by atoms with Crippen LogP contribution in [0.3, 0.4) is 0 Å². The fraction of sp³-hybridized carbons (Fsp3) is 0.200. The fourth-order valence-electron chi connectivity index (χ4n) is 2.54. The predicted molar refractivity (Wildman–Crippen MR) is 101 cm³/mol. The Labute approximate surface area is 151 Å². The molecule has 0 bridgehead atoms. The molecule has 128 valence electrons. The topological polar surface area (TPSA) is 42.4 Å². The summed E-state index contributed by atoms with van der Waals surface area (Å²) in [6, 6.07) is 22.3. The first kappa shape index (κ1) is 17.2. The lowest BCUT2D eigenvalue weighted by molar-refractivity contribution is 0.0532. The van der Waals surface area contributed by atoms with Gasteiger partial charge in [-0.25, -0.2) is 4.79 Å². The molecular weight excluding hydrogens is 332 g/mol. The zero-order chi connectivity index (χ0) is 17.5. The highest BCUT2D eigenvalue weighted by atomic mass is 32.1. The maximum Gasteiger partial charge on any atom is 0.350 e. The average molecular weight is 352 g/mol. The number of carbonyl (C=O) groups is 1. The van der Waals surface area contributed by atoms with Crippen LogP contribution in [0.4, 0.5) is 5.82 Å². The monoisotopic (exact) mass is 352 g/mol. The first-order chi connectivity index (χ1) is 12.3. The van der Waals surface area contributed by atoms with E-state index in [1.165, 1.54) is 22.7 Å². The second-order valence-electron chi connectivity index (χ2n) is 5.60. The van der Waals surface area contributed by atoms with Crippen molar-refractivity contribution < 1.29 is 9.53 Å². The molecule has 1 heterocycles. The molecule has 5 heteroatoms. The van der Waals surface area contributed by atoms with Crippen LogP contribution in [0.2, 0.25) is 0 Å². The third-order valence-electron chi connectivity index (χ3n) is 3.73. The summed E-state index contributed by atoms with van der Waals surface area (Å²) in [4.78, 5) is 14.6. The van der Waals surface area contributed by atoms with Crippen molar-refractivity contribution in [1.82, 2.24) is 4.37 Å². The van der Waals surface area contributed by atoms with Crippen LogP contribution in [-0.2, 0) is 17.8 Å². The van der Waals surface area contributed by atoms with E-state index in [4.69, 9.17) is 4.74 Å². The van der Waals surface area contributed by atoms with E-state index in [0.717, 1.165) is 18.9 Å². The third kappa shape index (κ3) is 4.67. The Bertz CT molecular complexity index is 761. The van der Waals surface area contributed by atoms with E-state index in [9.17, 15) is 4.79 Å². The minimum atomic E-state index is -0.314. The van der Waals surface area contributed by atoms with E-state index in [-0.39, 0.29) is 5.97 Å². The van der Waals surface area contributed by atoms with Crippen LogP contribution in [0, 0.1) is 0 Å². The van der Waals surface area contributed by atoms with Crippen LogP contribution in [0.15, 0.2) is 66.7 Å². The number of nitrogens with zero attached hydrogens (tertiary/aromatic N) is 2. The number of hydrogen-bond acceptors (Lipinski definition) is 5. The molecule has 0 amide bonds. The number of hydrogen-bond donors (Lipinski definition) is 0. The number of esters is 1. The van der Waals surface area contributed by atoms with E-state index in [1.807, 2.05) is 42.5 Å². The highest BCUT2D eigenvalue weighted by molar-refractivity contribution is 7.08. The van der Waals surface area contributed by atoms with Crippen LogP contribution < -0.4 is 4.90 Å². The molecule has 0 aliphatic heterocycles. The molecule has 0 aliphatic rings. The highest BCUT2D eigenvalue weighted by Crippen LogP contribution is 2.23. The molecule has 2 aromatic carbocycles. The van der Waals surface area contributed by atoms with Crippen molar-refractivity contribution in [2.75, 3.05) is 11.5 Å². The summed E-state index contributed by atoms with van der Waals surface area (Å²) in [5.74, 6) is 0.478. The van der Waals surface area contributed by atoms with E-state index in [2.05, 4.69) is 33.5 Å². The number of carbonyl (C=O) groups excluding carboxylic acids is 1. The number of benzene rings is 2. The molecule has 1 aromatic heterocycles. The van der Waals surface area contributed by atoms with Gasteiger partial charge in [0, 0.05) is 19.2 Å². The van der Waals surface area contributed by atoms with E-state index < -0.39 is 0 Å². The standard InChI is InChI=1S/C20H20N2O2S/c1-2-24-20(23)18-13-19(21-25-18)22(14-16-9-5-3-6-10-16)15-17-11-7-4-8-12-17/h3-13H,2,14-15H2,1H3. The number of rotatable bonds is 7. The van der Waals surface area contributed by atoms with Crippen molar-refractivity contribution in [2.24, 2.45) is 0 Å². The maximum absolute atomic E-state index is 11.9. The van der Waals surface area contributed by atoms with Gasteiger partial charge in [0.1, 0.15) is 10.7 Å². The lowest BCUT2D eigenvalue weighted by atomic mass is 10.1. The summed E-state index contributed by atoms with van der Waals surface area (Å²) in [6.45, 7) is 3.62. The number of aromatic nitrogens is 1. The molecule has 4 nitrogen and oxygen atoms in total. The van der Waals surface area contributed by atoms with Gasteiger partial charge in [-0.15, -0.1) is 0 Å². The third-order valence-corrected chi connectivity index (χ3v) is 4.49. The van der Waals surface area contributed by atoms with Gasteiger partial charge in [0.05, 0.1) is 6.61 Å². The summed E-state index contributed by atoms with van der Waals surface area (Å²) in [5, 5.41) is 0. The summed E-state index contributed by atoms with van der Waals surface area (Å²) in [5.41, 5.74) is 2.40. The molecule has 0 N–H and O–H groups in total. The van der Waals surface area contributed by atoms with Crippen molar-refractivity contribution in [3.05, 3.63) is 82.7 Å². The van der Waals surface area contributed by atoms with Crippen LogP contribution in [0.1, 0.15) is 27.7 Å². The molecule has 0 saturated heterocycles. The molecule has 0 saturated carbocycles. The zero-order valence-electron chi connectivity index (χ0n) is 14.1. The molecule has 0 unspecified atom stereocenters. The van der Waals surface area contributed by atoms with Crippen LogP contribution in [-0.4, -0.2) is 16.9 Å². The van der Waals surface area contributed by atoms with Gasteiger partial charge in [-0.1, -0.05) is 60.7 Å². The van der Waals surface area contributed by atoms with Gasteiger partial charge < -0.3 is 9.64 Å². The number of anilines is 1. The van der Waals surface area contributed by atoms with Crippen molar-refractivity contribution >= 4 is 23.3 Å². The molecule has 0 aliphatic carbocycles. The van der Waals surface area contributed by atoms with Crippen LogP contribution in [0.5, 0.6) is 0 Å². The predicted octanol–water partition coefficient (Wildman–Crippen LogP) is 4.53. The normalized spacial score (nSPS) is 10.4. The quantitative estimate of drug-likeness (QED) is 0.586. The molecule has 0 spiro atoms. The van der Waals surface area contributed by atoms with Gasteiger partial charge in [-0.2, -0.15) is 4.37 Å². The Morgan fingerprint density at radius 3 is 2.08 bits per heavy atom. The molecule has 3 aromatic rings. The Morgan fingerprint density at radius 2 is 1.56 bits per heavy atom. The summed E-state index contributed by atoms with van der Waals surface area (Å²) in [7, 11) is 0. The lowest BCUT2D eigenvalue weighted by Crippen LogP contribution is -2.22. The van der Waals surface area contributed by atoms with Crippen LogP contribution in [0.25, 0.3) is 0 Å². The summed E-state index contributed by atoms with van der Waals surface area (Å²) in [6.07, 6.45) is 0. The summed E-state index contributed by atoms with van der Waals surface area (Å²) >= 11 is 1.18. The fourth-order valence-corrected chi connectivity index (χ4v) is 3.19. The smallest absolute Gasteiger partial charge is 0.350 e. The minimum absolute atomic E-state index is 0.314. The van der Waals surface area contributed by atoms with Crippen molar-refractivity contribution in [3.8, 4) is 0 Å². The Kier molecular flexibility index (Phi) is 5.80.